The van der Waals surface area contributed by atoms with Gasteiger partial charge in [-0.3, -0.25) is 4.98 Å². The second-order valence-electron chi connectivity index (χ2n) is 11.4. The van der Waals surface area contributed by atoms with Gasteiger partial charge in [-0.2, -0.15) is 13.9 Å². The van der Waals surface area contributed by atoms with E-state index in [1.807, 2.05) is 37.3 Å². The van der Waals surface area contributed by atoms with E-state index in [2.05, 4.69) is 10.1 Å². The van der Waals surface area contributed by atoms with E-state index in [0.717, 1.165) is 21.4 Å². The largest absolute Gasteiger partial charge is 0.547 e. The molecule has 0 aliphatic rings. The van der Waals surface area contributed by atoms with Gasteiger partial charge in [-0.05, 0) is 86.8 Å². The van der Waals surface area contributed by atoms with E-state index in [0.29, 0.717) is 53.5 Å². The van der Waals surface area contributed by atoms with Crippen LogP contribution < -0.4 is 5.11 Å². The molecule has 3 aromatic heterocycles. The number of hydrogen-bond donors (Lipinski definition) is 0. The predicted molar refractivity (Wildman–Crippen MR) is 167 cm³/mol. The molecule has 7 nitrogen and oxygen atoms in total. The molecule has 0 N–H and O–H groups in total. The molecule has 44 heavy (non-hydrogen) atoms. The summed E-state index contributed by atoms with van der Waals surface area (Å²) in [6.07, 6.45) is 1.75. The number of ether oxygens (including phenoxy) is 1. The third-order valence-corrected chi connectivity index (χ3v) is 8.48. The number of alkyl halides is 2. The highest BCUT2D eigenvalue weighted by Gasteiger charge is 2.28. The van der Waals surface area contributed by atoms with Gasteiger partial charge in [0, 0.05) is 33.3 Å². The van der Waals surface area contributed by atoms with Gasteiger partial charge in [0.1, 0.15) is 11.1 Å². The Morgan fingerprint density at radius 3 is 2.43 bits per heavy atom. The zero-order chi connectivity index (χ0) is 31.3. The number of nitrogens with zero attached hydrogens (tertiary/aromatic N) is 4. The second-order valence-corrected chi connectivity index (χ2v) is 12.8. The van der Waals surface area contributed by atoms with E-state index in [9.17, 15) is 18.7 Å². The third-order valence-electron chi connectivity index (χ3n) is 7.09. The molecule has 0 radical (unpaired) electrons. The van der Waals surface area contributed by atoms with Crippen LogP contribution in [0.4, 0.5) is 8.78 Å². The summed E-state index contributed by atoms with van der Waals surface area (Å²) in [6.45, 7) is 4.50. The maximum Gasteiger partial charge on any atom is 0.333 e. The van der Waals surface area contributed by atoms with E-state index >= 15 is 0 Å². The average Bonchev–Trinajstić information content (AvgIpc) is 3.59. The average molecular weight is 632 g/mol. The van der Waals surface area contributed by atoms with Gasteiger partial charge in [-0.1, -0.05) is 29.8 Å². The number of rotatable bonds is 7. The monoisotopic (exact) mass is 631 g/mol. The highest BCUT2D eigenvalue weighted by molar-refractivity contribution is 7.22. The molecule has 6 aromatic rings. The first-order chi connectivity index (χ1) is 20.9. The molecule has 0 bridgehead atoms. The maximum atomic E-state index is 13.3. The fourth-order valence-electron chi connectivity index (χ4n) is 5.24. The fourth-order valence-corrected chi connectivity index (χ4v) is 6.49. The topological polar surface area (TPSA) is 93.0 Å². The quantitative estimate of drug-likeness (QED) is 0.177. The Morgan fingerprint density at radius 2 is 1.75 bits per heavy atom. The van der Waals surface area contributed by atoms with Crippen LogP contribution >= 0.6 is 22.9 Å². The minimum atomic E-state index is -2.73. The van der Waals surface area contributed by atoms with Gasteiger partial charge in [-0.15, -0.1) is 11.3 Å². The molecule has 0 fully saturated rings. The number of carboxylic acid groups (broad SMARTS) is 1. The summed E-state index contributed by atoms with van der Waals surface area (Å²) in [7, 11) is 0. The molecular weight excluding hydrogens is 606 g/mol. The molecule has 224 valence electrons. The van der Waals surface area contributed by atoms with Crippen molar-refractivity contribution in [3.05, 3.63) is 89.2 Å². The summed E-state index contributed by atoms with van der Waals surface area (Å²) >= 11 is 7.62. The Hall–Kier alpha value is -4.25. The number of hydrogen-bond acceptors (Lipinski definition) is 7. The van der Waals surface area contributed by atoms with Gasteiger partial charge in [0.05, 0.1) is 39.2 Å². The van der Waals surface area contributed by atoms with Gasteiger partial charge in [0.2, 0.25) is 0 Å². The summed E-state index contributed by atoms with van der Waals surface area (Å²) < 4.78 is 34.1. The van der Waals surface area contributed by atoms with E-state index in [1.165, 1.54) is 17.5 Å². The minimum Gasteiger partial charge on any atom is -0.547 e. The molecule has 0 saturated heterocycles. The van der Waals surface area contributed by atoms with Crippen molar-refractivity contribution in [1.29, 1.82) is 0 Å². The van der Waals surface area contributed by atoms with Crippen LogP contribution in [-0.2, 0) is 9.53 Å². The molecule has 0 saturated carbocycles. The van der Waals surface area contributed by atoms with Crippen LogP contribution in [-0.4, -0.2) is 31.3 Å². The molecule has 1 unspecified atom stereocenters. The zero-order valence-corrected chi connectivity index (χ0v) is 25.7. The summed E-state index contributed by atoms with van der Waals surface area (Å²) in [5, 5.41) is 18.1. The number of benzene rings is 3. The fraction of sp³-hybridized carbons (Fsp3) is 0.212. The first-order valence-electron chi connectivity index (χ1n) is 13.7. The number of carbonyl (C=O) groups is 1. The number of aromatic nitrogens is 4. The molecule has 3 heterocycles. The van der Waals surface area contributed by atoms with E-state index < -0.39 is 24.2 Å². The van der Waals surface area contributed by atoms with Crippen LogP contribution in [0.25, 0.3) is 54.1 Å². The van der Waals surface area contributed by atoms with Crippen LogP contribution in [0.3, 0.4) is 0 Å². The first kappa shape index (κ1) is 29.8. The van der Waals surface area contributed by atoms with Crippen LogP contribution in [0.15, 0.2) is 73.1 Å². The number of pyridine rings is 1. The number of thiazole rings is 1. The predicted octanol–water partition coefficient (Wildman–Crippen LogP) is 8.01. The highest BCUT2D eigenvalue weighted by Crippen LogP contribution is 2.44. The molecular formula is C33H26ClF2N4O3S-. The minimum absolute atomic E-state index is 0.331. The Kier molecular flexibility index (Phi) is 7.69. The molecule has 0 spiro atoms. The Morgan fingerprint density at radius 1 is 1.02 bits per heavy atom. The summed E-state index contributed by atoms with van der Waals surface area (Å²) in [6, 6.07) is 17.9. The molecule has 0 amide bonds. The van der Waals surface area contributed by atoms with Crippen molar-refractivity contribution in [2.24, 2.45) is 0 Å². The maximum absolute atomic E-state index is 13.3. The molecule has 6 rings (SSSR count). The van der Waals surface area contributed by atoms with Crippen molar-refractivity contribution in [3.63, 3.8) is 0 Å². The van der Waals surface area contributed by atoms with E-state index in [4.69, 9.17) is 21.3 Å². The van der Waals surface area contributed by atoms with Gasteiger partial charge < -0.3 is 14.6 Å². The summed E-state index contributed by atoms with van der Waals surface area (Å²) in [5.41, 5.74) is 5.10. The number of fused-ring (bicyclic) bond motifs is 2. The lowest BCUT2D eigenvalue weighted by molar-refractivity contribution is -0.321. The summed E-state index contributed by atoms with van der Waals surface area (Å²) in [4.78, 5) is 22.0. The van der Waals surface area contributed by atoms with Crippen LogP contribution in [0.5, 0.6) is 0 Å². The standard InChI is InChI=1S/C33H27ClF2N4O3S/c1-17-13-24-29(27(18-5-8-22(34)9-6-18)26(17)28(31(41)42)43-33(2,3)4)44-30(39-24)20-11-12-37-23(15-20)19-7-10-25-21(14-19)16-38-40(25)32(35)36/h5-16,28,32H,1-4H3,(H,41,42)/p-1. The lowest BCUT2D eigenvalue weighted by Crippen LogP contribution is -2.36. The zero-order valence-electron chi connectivity index (χ0n) is 24.1. The normalized spacial score (nSPS) is 12.8. The molecule has 1 atom stereocenters. The van der Waals surface area contributed by atoms with Crippen molar-refractivity contribution in [2.45, 2.75) is 45.9 Å². The van der Waals surface area contributed by atoms with Crippen LogP contribution in [0, 0.1) is 6.92 Å². The van der Waals surface area contributed by atoms with Crippen molar-refractivity contribution in [2.75, 3.05) is 0 Å². The van der Waals surface area contributed by atoms with E-state index in [1.54, 1.807) is 57.3 Å². The number of carboxylic acids is 1. The first-order valence-corrected chi connectivity index (χ1v) is 14.9. The van der Waals surface area contributed by atoms with Gasteiger partial charge in [0.25, 0.3) is 0 Å². The van der Waals surface area contributed by atoms with Crippen LogP contribution in [0.1, 0.15) is 44.6 Å². The second kappa shape index (κ2) is 11.4. The smallest absolute Gasteiger partial charge is 0.333 e. The third kappa shape index (κ3) is 5.68. The molecule has 11 heteroatoms. The van der Waals surface area contributed by atoms with Crippen molar-refractivity contribution in [1.82, 2.24) is 19.7 Å². The lowest BCUT2D eigenvalue weighted by atomic mass is 9.91. The Balaban J connectivity index is 1.50. The van der Waals surface area contributed by atoms with Crippen molar-refractivity contribution in [3.8, 4) is 33.0 Å². The number of halogens is 3. The van der Waals surface area contributed by atoms with Gasteiger partial charge >= 0.3 is 6.55 Å². The molecule has 0 aliphatic heterocycles. The number of carbonyl (C=O) groups excluding carboxylic acids is 1. The Labute approximate surface area is 260 Å². The Bertz CT molecular complexity index is 2030. The SMILES string of the molecule is Cc1cc2nc(-c3ccnc(-c4ccc5c(cnn5C(F)F)c4)c3)sc2c(-c2ccc(Cl)cc2)c1C(OC(C)(C)C)C(=O)[O-]. The van der Waals surface area contributed by atoms with Gasteiger partial charge in [-0.25, -0.2) is 9.67 Å². The van der Waals surface area contributed by atoms with Crippen LogP contribution in [0.2, 0.25) is 5.02 Å². The van der Waals surface area contributed by atoms with E-state index in [-0.39, 0.29) is 0 Å². The number of aryl methyl sites for hydroxylation is 1. The van der Waals surface area contributed by atoms with Crippen molar-refractivity contribution >= 4 is 50.0 Å². The molecule has 0 aliphatic carbocycles. The number of aliphatic carboxylic acids is 1. The molecule has 3 aromatic carbocycles. The highest BCUT2D eigenvalue weighted by atomic mass is 35.5. The van der Waals surface area contributed by atoms with Crippen molar-refractivity contribution < 1.29 is 23.4 Å². The lowest BCUT2D eigenvalue weighted by Gasteiger charge is -2.31. The summed E-state index contributed by atoms with van der Waals surface area (Å²) in [5.74, 6) is -1.34. The van der Waals surface area contributed by atoms with Gasteiger partial charge in [0.15, 0.2) is 0 Å².